The molecule has 0 radical (unpaired) electrons. The predicted octanol–water partition coefficient (Wildman–Crippen LogP) is 1.97. The molecule has 0 aromatic carbocycles. The molecular formula is C23H27N5O3S. The van der Waals surface area contributed by atoms with Crippen molar-refractivity contribution in [1.29, 1.82) is 0 Å². The van der Waals surface area contributed by atoms with E-state index in [4.69, 9.17) is 0 Å². The van der Waals surface area contributed by atoms with Crippen molar-refractivity contribution in [3.8, 4) is 0 Å². The average Bonchev–Trinajstić information content (AvgIpc) is 3.34. The molecule has 4 heterocycles. The summed E-state index contributed by atoms with van der Waals surface area (Å²) in [7, 11) is 0. The monoisotopic (exact) mass is 453 g/mol. The third kappa shape index (κ3) is 4.58. The first kappa shape index (κ1) is 22.2. The lowest BCUT2D eigenvalue weighted by molar-refractivity contribution is 0.0638. The summed E-state index contributed by atoms with van der Waals surface area (Å²) in [6.07, 6.45) is 1.60. The quantitative estimate of drug-likeness (QED) is 0.617. The minimum atomic E-state index is -0.369. The summed E-state index contributed by atoms with van der Waals surface area (Å²) in [6.45, 7) is 8.41. The zero-order valence-electron chi connectivity index (χ0n) is 18.3. The second-order valence-electron chi connectivity index (χ2n) is 7.88. The van der Waals surface area contributed by atoms with Gasteiger partial charge in [0, 0.05) is 63.1 Å². The fraction of sp³-hybridized carbons (Fsp3) is 0.391. The van der Waals surface area contributed by atoms with Crippen LogP contribution in [-0.4, -0.2) is 70.4 Å². The Morgan fingerprint density at radius 2 is 1.94 bits per heavy atom. The summed E-state index contributed by atoms with van der Waals surface area (Å²) in [4.78, 5) is 46.6. The van der Waals surface area contributed by atoms with Gasteiger partial charge in [0.1, 0.15) is 11.2 Å². The van der Waals surface area contributed by atoms with Gasteiger partial charge in [0.2, 0.25) is 5.43 Å². The van der Waals surface area contributed by atoms with Gasteiger partial charge in [-0.05, 0) is 37.4 Å². The van der Waals surface area contributed by atoms with E-state index >= 15 is 0 Å². The van der Waals surface area contributed by atoms with E-state index in [2.05, 4.69) is 15.2 Å². The van der Waals surface area contributed by atoms with Crippen LogP contribution in [0.25, 0.3) is 11.0 Å². The molecule has 3 aromatic heterocycles. The van der Waals surface area contributed by atoms with Crippen LogP contribution in [0, 0.1) is 6.92 Å². The average molecular weight is 454 g/mol. The molecule has 0 spiro atoms. The first-order valence-corrected chi connectivity index (χ1v) is 11.7. The maximum Gasteiger partial charge on any atom is 0.256 e. The van der Waals surface area contributed by atoms with Gasteiger partial charge in [-0.25, -0.2) is 4.98 Å². The number of pyridine rings is 2. The normalized spacial score (nSPS) is 14.6. The molecule has 3 aromatic rings. The van der Waals surface area contributed by atoms with Crippen LogP contribution < -0.4 is 10.7 Å². The molecule has 2 amide bonds. The number of fused-ring (bicyclic) bond motifs is 1. The maximum absolute atomic E-state index is 12.9. The van der Waals surface area contributed by atoms with E-state index in [0.29, 0.717) is 43.8 Å². The zero-order valence-corrected chi connectivity index (χ0v) is 19.2. The SMILES string of the molecule is CCn1cc(C(=O)NCCN2CCN(C(=O)c3ccsc3)CC2)c(=O)c2ccc(C)nc21. The van der Waals surface area contributed by atoms with Crippen LogP contribution in [0.15, 0.2) is 40.0 Å². The molecule has 9 heteroatoms. The van der Waals surface area contributed by atoms with Crippen molar-refractivity contribution in [3.05, 3.63) is 62.2 Å². The second-order valence-corrected chi connectivity index (χ2v) is 8.66. The molecule has 4 rings (SSSR count). The van der Waals surface area contributed by atoms with Gasteiger partial charge in [-0.2, -0.15) is 11.3 Å². The van der Waals surface area contributed by atoms with Gasteiger partial charge >= 0.3 is 0 Å². The van der Waals surface area contributed by atoms with Crippen molar-refractivity contribution in [3.63, 3.8) is 0 Å². The van der Waals surface area contributed by atoms with Crippen molar-refractivity contribution in [1.82, 2.24) is 24.7 Å². The summed E-state index contributed by atoms with van der Waals surface area (Å²) < 4.78 is 1.84. The lowest BCUT2D eigenvalue weighted by atomic mass is 10.1. The van der Waals surface area contributed by atoms with E-state index in [0.717, 1.165) is 24.3 Å². The van der Waals surface area contributed by atoms with E-state index < -0.39 is 0 Å². The fourth-order valence-corrected chi connectivity index (χ4v) is 4.56. The Hall–Kier alpha value is -3.04. The van der Waals surface area contributed by atoms with Crippen LogP contribution in [0.4, 0.5) is 0 Å². The number of carbonyl (C=O) groups is 2. The number of rotatable bonds is 6. The summed E-state index contributed by atoms with van der Waals surface area (Å²) >= 11 is 1.52. The van der Waals surface area contributed by atoms with Gasteiger partial charge in [-0.3, -0.25) is 19.3 Å². The Bertz CT molecular complexity index is 1180. The number of piperazine rings is 1. The Balaban J connectivity index is 1.33. The number of aryl methyl sites for hydroxylation is 2. The smallest absolute Gasteiger partial charge is 0.256 e. The van der Waals surface area contributed by atoms with E-state index in [1.54, 1.807) is 18.3 Å². The molecule has 1 fully saturated rings. The van der Waals surface area contributed by atoms with Gasteiger partial charge in [0.15, 0.2) is 0 Å². The Kier molecular flexibility index (Phi) is 6.66. The van der Waals surface area contributed by atoms with Crippen LogP contribution in [0.2, 0.25) is 0 Å². The minimum absolute atomic E-state index is 0.0763. The number of hydrogen-bond acceptors (Lipinski definition) is 6. The van der Waals surface area contributed by atoms with Crippen LogP contribution in [0.3, 0.4) is 0 Å². The van der Waals surface area contributed by atoms with E-state index in [9.17, 15) is 14.4 Å². The van der Waals surface area contributed by atoms with Crippen molar-refractivity contribution in [2.24, 2.45) is 0 Å². The lowest BCUT2D eigenvalue weighted by Gasteiger charge is -2.34. The summed E-state index contributed by atoms with van der Waals surface area (Å²) in [6, 6.07) is 5.37. The predicted molar refractivity (Wildman–Crippen MR) is 125 cm³/mol. The Labute approximate surface area is 190 Å². The van der Waals surface area contributed by atoms with Crippen LogP contribution >= 0.6 is 11.3 Å². The highest BCUT2D eigenvalue weighted by Crippen LogP contribution is 2.13. The van der Waals surface area contributed by atoms with Crippen molar-refractivity contribution in [2.45, 2.75) is 20.4 Å². The van der Waals surface area contributed by atoms with E-state index in [1.165, 1.54) is 11.3 Å². The molecular weight excluding hydrogens is 426 g/mol. The summed E-state index contributed by atoms with van der Waals surface area (Å²) in [5, 5.41) is 7.12. The number of amides is 2. The van der Waals surface area contributed by atoms with Gasteiger partial charge < -0.3 is 14.8 Å². The Morgan fingerprint density at radius 3 is 2.62 bits per heavy atom. The molecule has 8 nitrogen and oxygen atoms in total. The molecule has 0 bridgehead atoms. The van der Waals surface area contributed by atoms with Gasteiger partial charge in [-0.1, -0.05) is 0 Å². The third-order valence-corrected chi connectivity index (χ3v) is 6.47. The molecule has 1 N–H and O–H groups in total. The number of nitrogens with zero attached hydrogens (tertiary/aromatic N) is 4. The number of hydrogen-bond donors (Lipinski definition) is 1. The fourth-order valence-electron chi connectivity index (χ4n) is 3.93. The zero-order chi connectivity index (χ0) is 22.7. The largest absolute Gasteiger partial charge is 0.351 e. The summed E-state index contributed by atoms with van der Waals surface area (Å²) in [5.74, 6) is -0.293. The third-order valence-electron chi connectivity index (χ3n) is 5.79. The highest BCUT2D eigenvalue weighted by atomic mass is 32.1. The molecule has 0 unspecified atom stereocenters. The molecule has 1 saturated heterocycles. The highest BCUT2D eigenvalue weighted by molar-refractivity contribution is 7.08. The molecule has 1 aliphatic rings. The second kappa shape index (κ2) is 9.62. The topological polar surface area (TPSA) is 87.5 Å². The molecule has 32 heavy (non-hydrogen) atoms. The number of nitrogens with one attached hydrogen (secondary N) is 1. The van der Waals surface area contributed by atoms with Crippen LogP contribution in [-0.2, 0) is 6.54 Å². The van der Waals surface area contributed by atoms with Crippen LogP contribution in [0.1, 0.15) is 33.3 Å². The number of carbonyl (C=O) groups excluding carboxylic acids is 2. The van der Waals surface area contributed by atoms with Crippen LogP contribution in [0.5, 0.6) is 0 Å². The standard InChI is InChI=1S/C23H27N5O3S/c1-3-27-14-19(20(29)18-5-4-16(2)25-21(18)27)22(30)24-7-8-26-9-11-28(12-10-26)23(31)17-6-13-32-15-17/h4-6,13-15H,3,7-12H2,1-2H3,(H,24,30). The number of thiophene rings is 1. The van der Waals surface area contributed by atoms with Gasteiger partial charge in [-0.15, -0.1) is 0 Å². The summed E-state index contributed by atoms with van der Waals surface area (Å²) in [5.41, 5.74) is 2.01. The molecule has 0 saturated carbocycles. The molecule has 168 valence electrons. The van der Waals surface area contributed by atoms with E-state index in [-0.39, 0.29) is 22.8 Å². The van der Waals surface area contributed by atoms with Crippen molar-refractivity contribution >= 4 is 34.2 Å². The molecule has 1 aliphatic heterocycles. The van der Waals surface area contributed by atoms with E-state index in [1.807, 2.05) is 40.1 Å². The molecule has 0 aliphatic carbocycles. The maximum atomic E-state index is 12.9. The van der Waals surface area contributed by atoms with Crippen molar-refractivity contribution in [2.75, 3.05) is 39.3 Å². The van der Waals surface area contributed by atoms with Gasteiger partial charge in [0.25, 0.3) is 11.8 Å². The Morgan fingerprint density at radius 1 is 1.16 bits per heavy atom. The number of aromatic nitrogens is 2. The van der Waals surface area contributed by atoms with Gasteiger partial charge in [0.05, 0.1) is 10.9 Å². The first-order chi connectivity index (χ1) is 15.5. The highest BCUT2D eigenvalue weighted by Gasteiger charge is 2.22. The minimum Gasteiger partial charge on any atom is -0.351 e. The van der Waals surface area contributed by atoms with Crippen molar-refractivity contribution < 1.29 is 9.59 Å². The lowest BCUT2D eigenvalue weighted by Crippen LogP contribution is -2.50. The first-order valence-electron chi connectivity index (χ1n) is 10.8. The molecule has 0 atom stereocenters.